The average Bonchev–Trinajstić information content (AvgIpc) is 3.10. The van der Waals surface area contributed by atoms with Crippen LogP contribution in [0.3, 0.4) is 0 Å². The van der Waals surface area contributed by atoms with Crippen LogP contribution >= 0.6 is 11.3 Å². The number of aromatic nitrogens is 1. The van der Waals surface area contributed by atoms with Gasteiger partial charge in [0.2, 0.25) is 0 Å². The van der Waals surface area contributed by atoms with Crippen LogP contribution in [0.5, 0.6) is 0 Å². The summed E-state index contributed by atoms with van der Waals surface area (Å²) < 4.78 is 5.53. The van der Waals surface area contributed by atoms with Crippen molar-refractivity contribution in [1.29, 1.82) is 0 Å². The van der Waals surface area contributed by atoms with E-state index in [1.54, 1.807) is 11.3 Å². The van der Waals surface area contributed by atoms with Gasteiger partial charge >= 0.3 is 5.97 Å². The van der Waals surface area contributed by atoms with Crippen molar-refractivity contribution < 1.29 is 9.53 Å². The molecule has 0 amide bonds. The molecule has 1 atom stereocenters. The lowest BCUT2D eigenvalue weighted by atomic mass is 9.96. The molecule has 6 heteroatoms. The number of ether oxygens (including phenoxy) is 1. The first-order valence-electron chi connectivity index (χ1n) is 9.51. The van der Waals surface area contributed by atoms with Gasteiger partial charge in [-0.3, -0.25) is 9.69 Å². The number of hydrogen-bond donors (Lipinski definition) is 1. The van der Waals surface area contributed by atoms with Crippen molar-refractivity contribution in [2.45, 2.75) is 58.1 Å². The van der Waals surface area contributed by atoms with E-state index in [9.17, 15) is 4.79 Å². The van der Waals surface area contributed by atoms with Crippen LogP contribution in [0.2, 0.25) is 0 Å². The number of hydrogen-bond acceptors (Lipinski definition) is 6. The molecule has 1 aliphatic heterocycles. The topological polar surface area (TPSA) is 68.5 Å². The molecular formula is C21H29N3O2S. The fraction of sp³-hybridized carbons (Fsp3) is 0.524. The molecule has 0 radical (unpaired) electrons. The summed E-state index contributed by atoms with van der Waals surface area (Å²) >= 11 is 1.76. The average molecular weight is 388 g/mol. The number of likely N-dealkylation sites (tertiary alicyclic amines) is 1. The number of carbonyl (C=O) groups is 1. The number of nitrogens with two attached hydrogens (primary N) is 1. The zero-order chi connectivity index (χ0) is 19.6. The SMILES string of the molecule is CC(C(=O)OC(C)(C)C)N1CCC(c2ncc(-c3ccc(N)cc3)s2)CC1. The zero-order valence-electron chi connectivity index (χ0n) is 16.6. The van der Waals surface area contributed by atoms with Gasteiger partial charge in [-0.05, 0) is 71.3 Å². The molecule has 2 heterocycles. The van der Waals surface area contributed by atoms with Gasteiger partial charge in [0.25, 0.3) is 0 Å². The molecule has 1 aromatic heterocycles. The maximum atomic E-state index is 12.3. The van der Waals surface area contributed by atoms with Gasteiger partial charge < -0.3 is 10.5 Å². The van der Waals surface area contributed by atoms with Crippen LogP contribution in [-0.4, -0.2) is 40.6 Å². The lowest BCUT2D eigenvalue weighted by Gasteiger charge is -2.35. The molecule has 0 spiro atoms. The number of benzene rings is 1. The summed E-state index contributed by atoms with van der Waals surface area (Å²) in [5.41, 5.74) is 7.26. The maximum absolute atomic E-state index is 12.3. The summed E-state index contributed by atoms with van der Waals surface area (Å²) in [6, 6.07) is 7.72. The van der Waals surface area contributed by atoms with Crippen LogP contribution in [-0.2, 0) is 9.53 Å². The molecule has 3 rings (SSSR count). The van der Waals surface area contributed by atoms with Crippen LogP contribution in [0.25, 0.3) is 10.4 Å². The van der Waals surface area contributed by atoms with Crippen LogP contribution in [0, 0.1) is 0 Å². The number of rotatable bonds is 4. The second-order valence-electron chi connectivity index (χ2n) is 8.20. The molecule has 1 saturated heterocycles. The molecule has 27 heavy (non-hydrogen) atoms. The normalized spacial score (nSPS) is 17.6. The smallest absolute Gasteiger partial charge is 0.323 e. The van der Waals surface area contributed by atoms with Gasteiger partial charge in [-0.1, -0.05) is 12.1 Å². The van der Waals surface area contributed by atoms with Gasteiger partial charge in [0.1, 0.15) is 11.6 Å². The molecule has 0 bridgehead atoms. The van der Waals surface area contributed by atoms with E-state index < -0.39 is 5.60 Å². The fourth-order valence-corrected chi connectivity index (χ4v) is 4.42. The largest absolute Gasteiger partial charge is 0.459 e. The molecule has 2 aromatic rings. The highest BCUT2D eigenvalue weighted by Gasteiger charge is 2.31. The molecule has 146 valence electrons. The third-order valence-electron chi connectivity index (χ3n) is 4.89. The number of thiazole rings is 1. The Balaban J connectivity index is 1.58. The maximum Gasteiger partial charge on any atom is 0.323 e. The van der Waals surface area contributed by atoms with E-state index in [2.05, 4.69) is 9.88 Å². The standard InChI is InChI=1S/C21H29N3O2S/c1-14(20(25)26-21(2,3)4)24-11-9-16(10-12-24)19-23-13-18(27-19)15-5-7-17(22)8-6-15/h5-8,13-14,16H,9-12,22H2,1-4H3. The van der Waals surface area contributed by atoms with E-state index in [1.165, 1.54) is 9.88 Å². The summed E-state index contributed by atoms with van der Waals surface area (Å²) in [6.45, 7) is 9.45. The first kappa shape index (κ1) is 19.8. The zero-order valence-corrected chi connectivity index (χ0v) is 17.4. The molecule has 1 aliphatic rings. The minimum atomic E-state index is -0.441. The van der Waals surface area contributed by atoms with Crippen molar-refractivity contribution >= 4 is 23.0 Å². The number of carbonyl (C=O) groups excluding carboxylic acids is 1. The number of esters is 1. The minimum absolute atomic E-state index is 0.138. The predicted octanol–water partition coefficient (Wildman–Crippen LogP) is 4.30. The van der Waals surface area contributed by atoms with Crippen molar-refractivity contribution in [3.8, 4) is 10.4 Å². The van der Waals surface area contributed by atoms with E-state index in [4.69, 9.17) is 10.5 Å². The van der Waals surface area contributed by atoms with Crippen LogP contribution in [0.15, 0.2) is 30.5 Å². The number of nitrogen functional groups attached to an aromatic ring is 1. The Labute approximate surface area is 165 Å². The lowest BCUT2D eigenvalue weighted by Crippen LogP contribution is -2.45. The predicted molar refractivity (Wildman–Crippen MR) is 111 cm³/mol. The van der Waals surface area contributed by atoms with E-state index in [0.29, 0.717) is 5.92 Å². The number of nitrogens with zero attached hydrogens (tertiary/aromatic N) is 2. The van der Waals surface area contributed by atoms with E-state index >= 15 is 0 Å². The first-order chi connectivity index (χ1) is 12.7. The van der Waals surface area contributed by atoms with E-state index in [0.717, 1.165) is 37.2 Å². The van der Waals surface area contributed by atoms with Gasteiger partial charge in [-0.2, -0.15) is 0 Å². The molecule has 0 aliphatic carbocycles. The monoisotopic (exact) mass is 387 g/mol. The molecular weight excluding hydrogens is 358 g/mol. The minimum Gasteiger partial charge on any atom is -0.459 e. The third kappa shape index (κ3) is 5.08. The summed E-state index contributed by atoms with van der Waals surface area (Å²) in [5, 5.41) is 1.19. The van der Waals surface area contributed by atoms with Crippen LogP contribution in [0.4, 0.5) is 5.69 Å². The number of piperidine rings is 1. The van der Waals surface area contributed by atoms with Crippen molar-refractivity contribution in [2.24, 2.45) is 0 Å². The Morgan fingerprint density at radius 2 is 1.89 bits per heavy atom. The highest BCUT2D eigenvalue weighted by molar-refractivity contribution is 7.15. The fourth-order valence-electron chi connectivity index (χ4n) is 3.33. The summed E-state index contributed by atoms with van der Waals surface area (Å²) in [4.78, 5) is 20.4. The Morgan fingerprint density at radius 3 is 2.48 bits per heavy atom. The summed E-state index contributed by atoms with van der Waals surface area (Å²) in [5.74, 6) is 0.320. The Kier molecular flexibility index (Phi) is 5.86. The Hall–Kier alpha value is -1.92. The Bertz CT molecular complexity index is 771. The second kappa shape index (κ2) is 7.98. The van der Waals surface area contributed by atoms with Crippen LogP contribution in [0.1, 0.15) is 51.5 Å². The summed E-state index contributed by atoms with van der Waals surface area (Å²) in [6.07, 6.45) is 3.99. The van der Waals surface area contributed by atoms with Gasteiger partial charge in [0.15, 0.2) is 0 Å². The quantitative estimate of drug-likeness (QED) is 0.626. The second-order valence-corrected chi connectivity index (χ2v) is 9.27. The molecule has 5 nitrogen and oxygen atoms in total. The third-order valence-corrected chi connectivity index (χ3v) is 6.10. The van der Waals surface area contributed by atoms with E-state index in [-0.39, 0.29) is 12.0 Å². The molecule has 2 N–H and O–H groups in total. The lowest BCUT2D eigenvalue weighted by molar-refractivity contribution is -0.161. The first-order valence-corrected chi connectivity index (χ1v) is 10.3. The van der Waals surface area contributed by atoms with Crippen molar-refractivity contribution in [3.05, 3.63) is 35.5 Å². The summed E-state index contributed by atoms with van der Waals surface area (Å²) in [7, 11) is 0. The van der Waals surface area contributed by atoms with E-state index in [1.807, 2.05) is 58.2 Å². The Morgan fingerprint density at radius 1 is 1.26 bits per heavy atom. The highest BCUT2D eigenvalue weighted by Crippen LogP contribution is 2.35. The number of anilines is 1. The van der Waals surface area contributed by atoms with Crippen LogP contribution < -0.4 is 5.73 Å². The van der Waals surface area contributed by atoms with Gasteiger partial charge in [0.05, 0.1) is 9.88 Å². The van der Waals surface area contributed by atoms with Crippen molar-refractivity contribution in [1.82, 2.24) is 9.88 Å². The van der Waals surface area contributed by atoms with Crippen molar-refractivity contribution in [3.63, 3.8) is 0 Å². The van der Waals surface area contributed by atoms with Gasteiger partial charge in [-0.25, -0.2) is 4.98 Å². The molecule has 0 saturated carbocycles. The highest BCUT2D eigenvalue weighted by atomic mass is 32.1. The van der Waals surface area contributed by atoms with Gasteiger partial charge in [-0.15, -0.1) is 11.3 Å². The molecule has 1 fully saturated rings. The molecule has 1 aromatic carbocycles. The van der Waals surface area contributed by atoms with Gasteiger partial charge in [0, 0.05) is 17.8 Å². The molecule has 1 unspecified atom stereocenters. The van der Waals surface area contributed by atoms with Crippen molar-refractivity contribution in [2.75, 3.05) is 18.8 Å².